The topological polar surface area (TPSA) is 31.6 Å². The van der Waals surface area contributed by atoms with Gasteiger partial charge in [-0.15, -0.1) is 22.7 Å². The van der Waals surface area contributed by atoms with Crippen LogP contribution in [0.1, 0.15) is 0 Å². The smallest absolute Gasteiger partial charge is 0.159 e. The molecule has 0 aliphatic heterocycles. The first-order valence-corrected chi connectivity index (χ1v) is 8.33. The average molecular weight is 423 g/mol. The van der Waals surface area contributed by atoms with E-state index in [1.165, 1.54) is 9.40 Å². The van der Waals surface area contributed by atoms with E-state index in [1.54, 1.807) is 22.7 Å². The van der Waals surface area contributed by atoms with Gasteiger partial charge in [0.15, 0.2) is 7.91 Å². The van der Waals surface area contributed by atoms with Gasteiger partial charge in [0, 0.05) is 49.0 Å². The van der Waals surface area contributed by atoms with E-state index >= 15 is 0 Å². The van der Waals surface area contributed by atoms with E-state index in [1.807, 2.05) is 36.4 Å². The van der Waals surface area contributed by atoms with E-state index in [0.717, 1.165) is 18.9 Å². The summed E-state index contributed by atoms with van der Waals surface area (Å²) in [6.45, 7) is 0. The van der Waals surface area contributed by atoms with Crippen LogP contribution in [0.3, 0.4) is 0 Å². The minimum atomic E-state index is 0. The number of benzene rings is 2. The van der Waals surface area contributed by atoms with Crippen molar-refractivity contribution in [1.29, 1.82) is 0 Å². The minimum absolute atomic E-state index is 0. The number of aromatic amines is 2. The van der Waals surface area contributed by atoms with Gasteiger partial charge in [-0.25, -0.2) is 0 Å². The largest absolute Gasteiger partial charge is 0.337 e. The van der Waals surface area contributed by atoms with Crippen molar-refractivity contribution in [2.75, 3.05) is 0 Å². The summed E-state index contributed by atoms with van der Waals surface area (Å²) >= 11 is 13.2. The zero-order valence-electron chi connectivity index (χ0n) is 12.0. The van der Waals surface area contributed by atoms with Crippen LogP contribution in [0.4, 0.5) is 0 Å². The number of H-pyrrole nitrogens is 2. The van der Waals surface area contributed by atoms with Crippen molar-refractivity contribution in [3.63, 3.8) is 0 Å². The van der Waals surface area contributed by atoms with Gasteiger partial charge in [-0.1, -0.05) is 24.3 Å². The Bertz CT molecular complexity index is 817. The SMILES string of the molecule is S=c1[nH]c2ccccc2s1.S=c1[nH]c2ccccc2s1.[Na].[Zn]. The van der Waals surface area contributed by atoms with Crippen LogP contribution in [0.25, 0.3) is 20.4 Å². The maximum Gasteiger partial charge on any atom is 0.159 e. The van der Waals surface area contributed by atoms with Crippen LogP contribution in [-0.2, 0) is 19.5 Å². The number of hydrogen-bond acceptors (Lipinski definition) is 4. The molecule has 4 aromatic rings. The van der Waals surface area contributed by atoms with Gasteiger partial charge in [-0.05, 0) is 48.7 Å². The molecule has 2 N–H and O–H groups in total. The van der Waals surface area contributed by atoms with Gasteiger partial charge in [-0.2, -0.15) is 0 Å². The van der Waals surface area contributed by atoms with Crippen LogP contribution < -0.4 is 0 Å². The van der Waals surface area contributed by atoms with Crippen LogP contribution in [0, 0.1) is 7.91 Å². The number of rotatable bonds is 0. The molecule has 0 bridgehead atoms. The van der Waals surface area contributed by atoms with Gasteiger partial charge >= 0.3 is 0 Å². The average Bonchev–Trinajstić information content (AvgIpc) is 2.99. The first-order chi connectivity index (χ1) is 9.72. The molecule has 0 saturated carbocycles. The third kappa shape index (κ3) is 5.15. The van der Waals surface area contributed by atoms with Crippen molar-refractivity contribution in [3.05, 3.63) is 56.4 Å². The van der Waals surface area contributed by atoms with Gasteiger partial charge in [0.2, 0.25) is 0 Å². The van der Waals surface area contributed by atoms with Crippen LogP contribution >= 0.6 is 47.1 Å². The van der Waals surface area contributed by atoms with Crippen molar-refractivity contribution in [1.82, 2.24) is 9.97 Å². The molecule has 2 aromatic heterocycles. The molecule has 1 radical (unpaired) electrons. The maximum absolute atomic E-state index is 4.98. The Morgan fingerprint density at radius 2 is 1.05 bits per heavy atom. The molecule has 22 heavy (non-hydrogen) atoms. The van der Waals surface area contributed by atoms with Crippen molar-refractivity contribution < 1.29 is 19.5 Å². The molecular formula is C14H10N2NaS4Zn. The van der Waals surface area contributed by atoms with Crippen molar-refractivity contribution in [3.8, 4) is 0 Å². The second-order valence-corrected chi connectivity index (χ2v) is 7.46. The summed E-state index contributed by atoms with van der Waals surface area (Å²) in [5.74, 6) is 0. The normalized spacial score (nSPS) is 9.45. The molecule has 0 spiro atoms. The molecule has 2 heterocycles. The third-order valence-corrected chi connectivity index (χ3v) is 5.08. The van der Waals surface area contributed by atoms with E-state index in [2.05, 4.69) is 22.1 Å². The summed E-state index contributed by atoms with van der Waals surface area (Å²) < 4.78 is 4.16. The molecule has 0 amide bonds. The molecular weight excluding hydrogens is 413 g/mol. The van der Waals surface area contributed by atoms with Gasteiger partial charge in [0.1, 0.15) is 0 Å². The Hall–Kier alpha value is 0.283. The molecule has 0 fully saturated rings. The molecule has 0 aliphatic carbocycles. The fourth-order valence-electron chi connectivity index (χ4n) is 1.79. The Morgan fingerprint density at radius 3 is 1.41 bits per heavy atom. The van der Waals surface area contributed by atoms with E-state index < -0.39 is 0 Å². The zero-order chi connectivity index (χ0) is 13.9. The summed E-state index contributed by atoms with van der Waals surface area (Å²) in [6, 6.07) is 16.2. The van der Waals surface area contributed by atoms with Crippen LogP contribution in [0.2, 0.25) is 0 Å². The van der Waals surface area contributed by atoms with E-state index in [9.17, 15) is 0 Å². The number of thiazole rings is 2. The van der Waals surface area contributed by atoms with Crippen LogP contribution in [0.5, 0.6) is 0 Å². The van der Waals surface area contributed by atoms with Gasteiger partial charge in [0.25, 0.3) is 0 Å². The molecule has 0 unspecified atom stereocenters. The Labute approximate surface area is 181 Å². The van der Waals surface area contributed by atoms with Gasteiger partial charge < -0.3 is 9.97 Å². The van der Waals surface area contributed by atoms with Crippen molar-refractivity contribution in [2.24, 2.45) is 0 Å². The quantitative estimate of drug-likeness (QED) is 0.288. The predicted molar refractivity (Wildman–Crippen MR) is 99.8 cm³/mol. The Kier molecular flexibility index (Phi) is 8.82. The molecule has 0 atom stereocenters. The number of fused-ring (bicyclic) bond motifs is 2. The molecule has 0 aliphatic rings. The first-order valence-electron chi connectivity index (χ1n) is 5.88. The number of para-hydroxylation sites is 2. The maximum atomic E-state index is 4.98. The fourth-order valence-corrected chi connectivity index (χ4v) is 4.02. The van der Waals surface area contributed by atoms with Gasteiger partial charge in [0.05, 0.1) is 20.4 Å². The molecule has 103 valence electrons. The van der Waals surface area contributed by atoms with Crippen molar-refractivity contribution in [2.45, 2.75) is 0 Å². The fraction of sp³-hybridized carbons (Fsp3) is 0. The van der Waals surface area contributed by atoms with E-state index in [4.69, 9.17) is 24.4 Å². The predicted octanol–water partition coefficient (Wildman–Crippen LogP) is 5.53. The summed E-state index contributed by atoms with van der Waals surface area (Å²) in [5, 5.41) is 0. The van der Waals surface area contributed by atoms with E-state index in [0.29, 0.717) is 0 Å². The molecule has 8 heteroatoms. The Balaban J connectivity index is 0.000000202. The summed E-state index contributed by atoms with van der Waals surface area (Å²) in [6.07, 6.45) is 0. The summed E-state index contributed by atoms with van der Waals surface area (Å²) in [5.41, 5.74) is 2.27. The minimum Gasteiger partial charge on any atom is -0.337 e. The zero-order valence-corrected chi connectivity index (χ0v) is 20.2. The van der Waals surface area contributed by atoms with Crippen LogP contribution in [0.15, 0.2) is 48.5 Å². The van der Waals surface area contributed by atoms with Crippen LogP contribution in [-0.4, -0.2) is 39.5 Å². The van der Waals surface area contributed by atoms with Crippen molar-refractivity contribution >= 4 is 97.1 Å². The standard InChI is InChI=1S/2C7H5NS2.Na.Zn/c2*9-7-8-5-3-1-2-4-6(5)10-7;;/h2*1-4H,(H,8,9);;. The Morgan fingerprint density at radius 1 is 0.682 bits per heavy atom. The second kappa shape index (κ2) is 9.55. The third-order valence-electron chi connectivity index (χ3n) is 2.65. The monoisotopic (exact) mass is 421 g/mol. The first kappa shape index (κ1) is 20.3. The van der Waals surface area contributed by atoms with Gasteiger partial charge in [-0.3, -0.25) is 0 Å². The number of aromatic nitrogens is 2. The number of nitrogens with one attached hydrogen (secondary N) is 2. The molecule has 2 aromatic carbocycles. The molecule has 4 rings (SSSR count). The molecule has 2 nitrogen and oxygen atoms in total. The second-order valence-electron chi connectivity index (χ2n) is 4.02. The molecule has 0 saturated heterocycles. The summed E-state index contributed by atoms with van der Waals surface area (Å²) in [7, 11) is 0. The summed E-state index contributed by atoms with van der Waals surface area (Å²) in [4.78, 5) is 6.18. The van der Waals surface area contributed by atoms with E-state index in [-0.39, 0.29) is 49.0 Å². The number of hydrogen-bond donors (Lipinski definition) is 2.